The maximum Gasteiger partial charge on any atom is 0.263 e. The first-order chi connectivity index (χ1) is 12.6. The third kappa shape index (κ3) is 2.71. The molecule has 0 aliphatic carbocycles. The number of nitrogen functional groups attached to an aromatic ring is 1. The van der Waals surface area contributed by atoms with Crippen molar-refractivity contribution in [2.45, 2.75) is 0 Å². The zero-order valence-electron chi connectivity index (χ0n) is 13.3. The molecular formula is C17H12FN7O. The highest BCUT2D eigenvalue weighted by Gasteiger charge is 2.21. The van der Waals surface area contributed by atoms with Gasteiger partial charge >= 0.3 is 0 Å². The van der Waals surface area contributed by atoms with E-state index < -0.39 is 11.7 Å². The van der Waals surface area contributed by atoms with E-state index in [0.717, 1.165) is 28.0 Å². The summed E-state index contributed by atoms with van der Waals surface area (Å²) in [6.45, 7) is 0. The molecule has 0 atom stereocenters. The number of amides is 1. The van der Waals surface area contributed by atoms with Crippen LogP contribution in [0.15, 0.2) is 55.4 Å². The molecule has 4 aromatic rings. The summed E-state index contributed by atoms with van der Waals surface area (Å²) in [7, 11) is 0. The van der Waals surface area contributed by atoms with Gasteiger partial charge in [0.1, 0.15) is 5.56 Å². The number of carbonyl (C=O) groups is 1. The number of hydrogen-bond acceptors (Lipinski definition) is 6. The third-order valence-electron chi connectivity index (χ3n) is 3.76. The van der Waals surface area contributed by atoms with Crippen molar-refractivity contribution in [3.63, 3.8) is 0 Å². The highest BCUT2D eigenvalue weighted by molar-refractivity contribution is 6.12. The smallest absolute Gasteiger partial charge is 0.263 e. The van der Waals surface area contributed by atoms with Gasteiger partial charge in [-0.25, -0.2) is 13.9 Å². The van der Waals surface area contributed by atoms with Crippen molar-refractivity contribution in [1.29, 1.82) is 0 Å². The first-order valence-electron chi connectivity index (χ1n) is 7.58. The SMILES string of the molecule is Nc1nn2cc(F)cnc2c1C(=O)Nc1cnccc1-c1ccncc1. The summed E-state index contributed by atoms with van der Waals surface area (Å²) in [5.74, 6) is -1.14. The third-order valence-corrected chi connectivity index (χ3v) is 3.76. The van der Waals surface area contributed by atoms with Crippen molar-refractivity contribution >= 4 is 23.1 Å². The molecule has 0 saturated carbocycles. The van der Waals surface area contributed by atoms with Crippen LogP contribution in [0.3, 0.4) is 0 Å². The van der Waals surface area contributed by atoms with E-state index in [1.54, 1.807) is 24.7 Å². The van der Waals surface area contributed by atoms with Gasteiger partial charge in [-0.1, -0.05) is 0 Å². The molecule has 0 aromatic carbocycles. The lowest BCUT2D eigenvalue weighted by Gasteiger charge is -2.10. The maximum absolute atomic E-state index is 13.3. The second kappa shape index (κ2) is 6.20. The van der Waals surface area contributed by atoms with Crippen LogP contribution in [0.5, 0.6) is 0 Å². The molecule has 0 bridgehead atoms. The van der Waals surface area contributed by atoms with Gasteiger partial charge in [-0.2, -0.15) is 0 Å². The molecule has 0 spiro atoms. The fourth-order valence-corrected chi connectivity index (χ4v) is 2.61. The van der Waals surface area contributed by atoms with Gasteiger partial charge in [0.25, 0.3) is 5.91 Å². The lowest BCUT2D eigenvalue weighted by atomic mass is 10.1. The molecular weight excluding hydrogens is 337 g/mol. The fourth-order valence-electron chi connectivity index (χ4n) is 2.61. The van der Waals surface area contributed by atoms with Crippen molar-refractivity contribution in [1.82, 2.24) is 24.6 Å². The number of fused-ring (bicyclic) bond motifs is 1. The molecule has 3 N–H and O–H groups in total. The van der Waals surface area contributed by atoms with Gasteiger partial charge in [0.15, 0.2) is 17.3 Å². The van der Waals surface area contributed by atoms with Crippen LogP contribution in [0.4, 0.5) is 15.9 Å². The van der Waals surface area contributed by atoms with Crippen LogP contribution in [0, 0.1) is 5.82 Å². The Hall–Kier alpha value is -3.88. The largest absolute Gasteiger partial charge is 0.381 e. The Morgan fingerprint density at radius 3 is 2.69 bits per heavy atom. The number of nitrogens with zero attached hydrogens (tertiary/aromatic N) is 5. The number of halogens is 1. The van der Waals surface area contributed by atoms with E-state index in [1.807, 2.05) is 12.1 Å². The van der Waals surface area contributed by atoms with Gasteiger partial charge in [0, 0.05) is 24.2 Å². The molecule has 0 saturated heterocycles. The molecule has 9 heteroatoms. The summed E-state index contributed by atoms with van der Waals surface area (Å²) >= 11 is 0. The number of nitrogens with two attached hydrogens (primary N) is 1. The summed E-state index contributed by atoms with van der Waals surface area (Å²) in [6.07, 6.45) is 8.57. The minimum Gasteiger partial charge on any atom is -0.381 e. The van der Waals surface area contributed by atoms with Gasteiger partial charge in [0.05, 0.1) is 24.3 Å². The Labute approximate surface area is 146 Å². The number of nitrogens with one attached hydrogen (secondary N) is 1. The lowest BCUT2D eigenvalue weighted by molar-refractivity contribution is 0.102. The van der Waals surface area contributed by atoms with Crippen molar-refractivity contribution in [3.8, 4) is 11.1 Å². The highest BCUT2D eigenvalue weighted by atomic mass is 19.1. The van der Waals surface area contributed by atoms with Crippen LogP contribution in [0.2, 0.25) is 0 Å². The molecule has 8 nitrogen and oxygen atoms in total. The minimum atomic E-state index is -0.584. The van der Waals surface area contributed by atoms with E-state index in [4.69, 9.17) is 5.73 Å². The molecule has 128 valence electrons. The zero-order valence-corrected chi connectivity index (χ0v) is 13.3. The van der Waals surface area contributed by atoms with Gasteiger partial charge in [-0.15, -0.1) is 5.10 Å². The molecule has 4 rings (SSSR count). The second-order valence-electron chi connectivity index (χ2n) is 5.41. The minimum absolute atomic E-state index is 0.0463. The molecule has 4 heterocycles. The lowest BCUT2D eigenvalue weighted by Crippen LogP contribution is -2.14. The van der Waals surface area contributed by atoms with Crippen LogP contribution in [-0.4, -0.2) is 30.5 Å². The van der Waals surface area contributed by atoms with Crippen molar-refractivity contribution < 1.29 is 9.18 Å². The molecule has 0 unspecified atom stereocenters. The maximum atomic E-state index is 13.3. The Morgan fingerprint density at radius 1 is 1.12 bits per heavy atom. The average Bonchev–Trinajstić information content (AvgIpc) is 2.97. The fraction of sp³-hybridized carbons (Fsp3) is 0. The van der Waals surface area contributed by atoms with Crippen LogP contribution in [-0.2, 0) is 0 Å². The van der Waals surface area contributed by atoms with E-state index in [0.29, 0.717) is 5.69 Å². The van der Waals surface area contributed by atoms with E-state index in [-0.39, 0.29) is 17.0 Å². The van der Waals surface area contributed by atoms with Crippen LogP contribution in [0.1, 0.15) is 10.4 Å². The molecule has 0 fully saturated rings. The zero-order chi connectivity index (χ0) is 18.1. The number of hydrogen-bond donors (Lipinski definition) is 2. The molecule has 1 amide bonds. The number of carbonyl (C=O) groups excluding carboxylic acids is 1. The van der Waals surface area contributed by atoms with Crippen LogP contribution in [0.25, 0.3) is 16.8 Å². The van der Waals surface area contributed by atoms with Crippen LogP contribution < -0.4 is 11.1 Å². The monoisotopic (exact) mass is 349 g/mol. The first kappa shape index (κ1) is 15.6. The molecule has 4 aromatic heterocycles. The average molecular weight is 349 g/mol. The number of rotatable bonds is 3. The van der Waals surface area contributed by atoms with Crippen molar-refractivity contribution in [3.05, 3.63) is 66.8 Å². The quantitative estimate of drug-likeness (QED) is 0.586. The predicted octanol–water partition coefficient (Wildman–Crippen LogP) is 2.16. The summed E-state index contributed by atoms with van der Waals surface area (Å²) in [4.78, 5) is 24.7. The second-order valence-corrected chi connectivity index (χ2v) is 5.41. The normalized spacial score (nSPS) is 10.8. The van der Waals surface area contributed by atoms with E-state index >= 15 is 0 Å². The van der Waals surface area contributed by atoms with E-state index in [2.05, 4.69) is 25.4 Å². The molecule has 0 aliphatic heterocycles. The predicted molar refractivity (Wildman–Crippen MR) is 92.8 cm³/mol. The van der Waals surface area contributed by atoms with Crippen LogP contribution >= 0.6 is 0 Å². The molecule has 26 heavy (non-hydrogen) atoms. The van der Waals surface area contributed by atoms with E-state index in [1.165, 1.54) is 6.20 Å². The van der Waals surface area contributed by atoms with Gasteiger partial charge in [-0.3, -0.25) is 14.8 Å². The number of pyridine rings is 2. The summed E-state index contributed by atoms with van der Waals surface area (Å²) in [6, 6.07) is 5.41. The Kier molecular flexibility index (Phi) is 3.73. The van der Waals surface area contributed by atoms with E-state index in [9.17, 15) is 9.18 Å². The Morgan fingerprint density at radius 2 is 1.88 bits per heavy atom. The summed E-state index contributed by atoms with van der Waals surface area (Å²) < 4.78 is 14.4. The molecule has 0 aliphatic rings. The molecule has 0 radical (unpaired) electrons. The topological polar surface area (TPSA) is 111 Å². The summed E-state index contributed by atoms with van der Waals surface area (Å²) in [5, 5.41) is 6.69. The van der Waals surface area contributed by atoms with Gasteiger partial charge < -0.3 is 11.1 Å². The summed E-state index contributed by atoms with van der Waals surface area (Å²) in [5.41, 5.74) is 8.18. The first-order valence-corrected chi connectivity index (χ1v) is 7.58. The van der Waals surface area contributed by atoms with Gasteiger partial charge in [0.2, 0.25) is 0 Å². The number of aromatic nitrogens is 5. The number of anilines is 2. The Balaban J connectivity index is 1.74. The van der Waals surface area contributed by atoms with Crippen molar-refractivity contribution in [2.75, 3.05) is 11.1 Å². The Bertz CT molecular complexity index is 1110. The van der Waals surface area contributed by atoms with Crippen molar-refractivity contribution in [2.24, 2.45) is 0 Å². The standard InChI is InChI=1S/C17H12FN7O/c18-11-7-22-16-14(15(19)24-25(16)9-11)17(26)23-13-8-21-6-3-12(13)10-1-4-20-5-2-10/h1-9H,(H2,19,24)(H,23,26). The van der Waals surface area contributed by atoms with Gasteiger partial charge in [-0.05, 0) is 23.8 Å². The highest BCUT2D eigenvalue weighted by Crippen LogP contribution is 2.27.